The van der Waals surface area contributed by atoms with Crippen LogP contribution in [-0.4, -0.2) is 31.2 Å². The number of rotatable bonds is 5. The van der Waals surface area contributed by atoms with Gasteiger partial charge in [0.05, 0.1) is 16.3 Å². The highest BCUT2D eigenvalue weighted by Gasteiger charge is 2.24. The normalized spacial score (nSPS) is 13.2. The molecule has 8 heteroatoms. The maximum atomic E-state index is 12.9. The number of amides is 1. The van der Waals surface area contributed by atoms with Crippen LogP contribution in [0.5, 0.6) is 0 Å². The van der Waals surface area contributed by atoms with Crippen molar-refractivity contribution in [1.82, 2.24) is 9.78 Å². The van der Waals surface area contributed by atoms with E-state index in [0.717, 1.165) is 30.5 Å². The van der Waals surface area contributed by atoms with Crippen LogP contribution in [0.4, 0.5) is 11.5 Å². The number of hydrogen-bond donors (Lipinski definition) is 1. The van der Waals surface area contributed by atoms with Gasteiger partial charge in [0.25, 0.3) is 15.9 Å². The van der Waals surface area contributed by atoms with Crippen molar-refractivity contribution < 1.29 is 13.2 Å². The highest BCUT2D eigenvalue weighted by molar-refractivity contribution is 7.92. The SMILES string of the molecule is CN(c1ccccc1)S(=O)(=O)c1ccc(C(=O)Nc2c3c(nn2C)CCC3)cc1. The van der Waals surface area contributed by atoms with Gasteiger partial charge in [0.1, 0.15) is 5.82 Å². The minimum atomic E-state index is -3.71. The monoisotopic (exact) mass is 410 g/mol. The van der Waals surface area contributed by atoms with Gasteiger partial charge in [-0.25, -0.2) is 8.42 Å². The van der Waals surface area contributed by atoms with Crippen LogP contribution in [0.2, 0.25) is 0 Å². The number of sulfonamides is 1. The number of fused-ring (bicyclic) bond motifs is 1. The van der Waals surface area contributed by atoms with E-state index in [0.29, 0.717) is 17.1 Å². The van der Waals surface area contributed by atoms with Crippen LogP contribution in [0, 0.1) is 0 Å². The summed E-state index contributed by atoms with van der Waals surface area (Å²) in [6.07, 6.45) is 2.88. The number of hydrogen-bond acceptors (Lipinski definition) is 4. The highest BCUT2D eigenvalue weighted by Crippen LogP contribution is 2.28. The molecule has 2 aromatic carbocycles. The molecule has 1 aliphatic rings. The predicted octanol–water partition coefficient (Wildman–Crippen LogP) is 2.99. The average Bonchev–Trinajstić information content (AvgIpc) is 3.30. The lowest BCUT2D eigenvalue weighted by Crippen LogP contribution is -2.26. The topological polar surface area (TPSA) is 84.3 Å². The Bertz CT molecular complexity index is 1150. The summed E-state index contributed by atoms with van der Waals surface area (Å²) in [7, 11) is -0.395. The second-order valence-corrected chi connectivity index (χ2v) is 9.01. The van der Waals surface area contributed by atoms with Crippen molar-refractivity contribution in [3.05, 3.63) is 71.4 Å². The first kappa shape index (κ1) is 19.2. The van der Waals surface area contributed by atoms with Crippen molar-refractivity contribution in [2.24, 2.45) is 7.05 Å². The van der Waals surface area contributed by atoms with Gasteiger partial charge in [-0.2, -0.15) is 5.10 Å². The summed E-state index contributed by atoms with van der Waals surface area (Å²) in [6, 6.07) is 14.8. The van der Waals surface area contributed by atoms with Crippen molar-refractivity contribution in [2.75, 3.05) is 16.7 Å². The van der Waals surface area contributed by atoms with Crippen molar-refractivity contribution in [3.8, 4) is 0 Å². The molecular weight excluding hydrogens is 388 g/mol. The second kappa shape index (κ2) is 7.36. The molecule has 3 aromatic rings. The van der Waals surface area contributed by atoms with E-state index in [4.69, 9.17) is 0 Å². The van der Waals surface area contributed by atoms with Crippen LogP contribution in [0.15, 0.2) is 59.5 Å². The first-order valence-corrected chi connectivity index (χ1v) is 10.8. The Hall–Kier alpha value is -3.13. The number of benzene rings is 2. The number of para-hydroxylation sites is 1. The zero-order valence-corrected chi connectivity index (χ0v) is 17.1. The molecule has 1 aliphatic carbocycles. The quantitative estimate of drug-likeness (QED) is 0.701. The van der Waals surface area contributed by atoms with E-state index in [1.807, 2.05) is 13.1 Å². The molecule has 0 saturated carbocycles. The van der Waals surface area contributed by atoms with Crippen LogP contribution in [0.25, 0.3) is 0 Å². The number of aryl methyl sites for hydroxylation is 2. The van der Waals surface area contributed by atoms with E-state index in [9.17, 15) is 13.2 Å². The number of anilines is 2. The van der Waals surface area contributed by atoms with Crippen LogP contribution < -0.4 is 9.62 Å². The van der Waals surface area contributed by atoms with Crippen LogP contribution >= 0.6 is 0 Å². The average molecular weight is 410 g/mol. The molecule has 0 bridgehead atoms. The predicted molar refractivity (Wildman–Crippen MR) is 112 cm³/mol. The molecule has 150 valence electrons. The number of carbonyl (C=O) groups excluding carboxylic acids is 1. The van der Waals surface area contributed by atoms with Gasteiger partial charge in [-0.1, -0.05) is 18.2 Å². The Labute approximate surface area is 170 Å². The lowest BCUT2D eigenvalue weighted by atomic mass is 10.2. The van der Waals surface area contributed by atoms with E-state index in [1.54, 1.807) is 28.9 Å². The molecule has 0 atom stereocenters. The largest absolute Gasteiger partial charge is 0.307 e. The summed E-state index contributed by atoms with van der Waals surface area (Å²) in [5.74, 6) is 0.422. The first-order chi connectivity index (χ1) is 13.9. The van der Waals surface area contributed by atoms with Crippen LogP contribution in [0.3, 0.4) is 0 Å². The molecule has 0 aliphatic heterocycles. The zero-order valence-electron chi connectivity index (χ0n) is 16.3. The summed E-state index contributed by atoms with van der Waals surface area (Å²) in [6.45, 7) is 0. The highest BCUT2D eigenvalue weighted by atomic mass is 32.2. The fourth-order valence-electron chi connectivity index (χ4n) is 3.57. The second-order valence-electron chi connectivity index (χ2n) is 7.04. The maximum Gasteiger partial charge on any atom is 0.264 e. The molecule has 1 heterocycles. The Morgan fingerprint density at radius 1 is 1.07 bits per heavy atom. The van der Waals surface area contributed by atoms with Crippen molar-refractivity contribution in [3.63, 3.8) is 0 Å². The fourth-order valence-corrected chi connectivity index (χ4v) is 4.76. The molecule has 0 unspecified atom stereocenters. The van der Waals surface area contributed by atoms with Crippen molar-refractivity contribution >= 4 is 27.4 Å². The minimum absolute atomic E-state index is 0.127. The van der Waals surface area contributed by atoms with Gasteiger partial charge in [-0.15, -0.1) is 0 Å². The molecule has 1 amide bonds. The lowest BCUT2D eigenvalue weighted by molar-refractivity contribution is 0.102. The summed E-state index contributed by atoms with van der Waals surface area (Å²) >= 11 is 0. The van der Waals surface area contributed by atoms with Gasteiger partial charge in [-0.3, -0.25) is 13.8 Å². The Morgan fingerprint density at radius 2 is 1.76 bits per heavy atom. The van der Waals surface area contributed by atoms with Gasteiger partial charge >= 0.3 is 0 Å². The van der Waals surface area contributed by atoms with E-state index in [1.165, 1.54) is 35.6 Å². The zero-order chi connectivity index (χ0) is 20.6. The van der Waals surface area contributed by atoms with Gasteiger partial charge in [0, 0.05) is 25.2 Å². The Balaban J connectivity index is 1.54. The van der Waals surface area contributed by atoms with Gasteiger partial charge < -0.3 is 5.32 Å². The van der Waals surface area contributed by atoms with Crippen LogP contribution in [0.1, 0.15) is 28.0 Å². The number of aromatic nitrogens is 2. The maximum absolute atomic E-state index is 12.9. The first-order valence-electron chi connectivity index (χ1n) is 9.38. The third kappa shape index (κ3) is 3.51. The summed E-state index contributed by atoms with van der Waals surface area (Å²) < 4.78 is 28.6. The molecule has 7 nitrogen and oxygen atoms in total. The molecule has 0 spiro atoms. The number of nitrogens with one attached hydrogen (secondary N) is 1. The molecule has 1 aromatic heterocycles. The third-order valence-corrected chi connectivity index (χ3v) is 7.00. The van der Waals surface area contributed by atoms with Gasteiger partial charge in [0.2, 0.25) is 0 Å². The molecular formula is C21H22N4O3S. The minimum Gasteiger partial charge on any atom is -0.307 e. The molecule has 29 heavy (non-hydrogen) atoms. The van der Waals surface area contributed by atoms with E-state index >= 15 is 0 Å². The van der Waals surface area contributed by atoms with Crippen molar-refractivity contribution in [1.29, 1.82) is 0 Å². The molecule has 4 rings (SSSR count). The molecule has 0 saturated heterocycles. The fraction of sp³-hybridized carbons (Fsp3) is 0.238. The number of nitrogens with zero attached hydrogens (tertiary/aromatic N) is 3. The standard InChI is InChI=1S/C21H22N4O3S/c1-24-20(18-9-6-10-19(18)23-24)22-21(26)15-11-13-17(14-12-15)29(27,28)25(2)16-7-4-3-5-8-16/h3-5,7-8,11-14H,6,9-10H2,1-2H3,(H,22,26). The molecule has 1 N–H and O–H groups in total. The number of carbonyl (C=O) groups is 1. The summed E-state index contributed by atoms with van der Waals surface area (Å²) in [4.78, 5) is 12.8. The molecule has 0 radical (unpaired) electrons. The molecule has 0 fully saturated rings. The van der Waals surface area contributed by atoms with E-state index < -0.39 is 10.0 Å². The summed E-state index contributed by atoms with van der Waals surface area (Å²) in [5.41, 5.74) is 3.08. The van der Waals surface area contributed by atoms with Crippen molar-refractivity contribution in [2.45, 2.75) is 24.2 Å². The van der Waals surface area contributed by atoms with Crippen LogP contribution in [-0.2, 0) is 29.9 Å². The lowest BCUT2D eigenvalue weighted by Gasteiger charge is -2.19. The Morgan fingerprint density at radius 3 is 2.45 bits per heavy atom. The van der Waals surface area contributed by atoms with Gasteiger partial charge in [-0.05, 0) is 55.7 Å². The Kier molecular flexibility index (Phi) is 4.87. The third-order valence-electron chi connectivity index (χ3n) is 5.20. The van der Waals surface area contributed by atoms with E-state index in [2.05, 4.69) is 10.4 Å². The summed E-state index contributed by atoms with van der Waals surface area (Å²) in [5, 5.41) is 7.36. The smallest absolute Gasteiger partial charge is 0.264 e. The van der Waals surface area contributed by atoms with Gasteiger partial charge in [0.15, 0.2) is 0 Å². The van der Waals surface area contributed by atoms with E-state index in [-0.39, 0.29) is 10.8 Å².